The van der Waals surface area contributed by atoms with Gasteiger partial charge in [0.15, 0.2) is 0 Å². The molecule has 0 unspecified atom stereocenters. The fourth-order valence-corrected chi connectivity index (χ4v) is 3.95. The minimum atomic E-state index is -0.361. The van der Waals surface area contributed by atoms with Crippen molar-refractivity contribution in [3.8, 4) is 11.1 Å². The maximum atomic E-state index is 13.8. The van der Waals surface area contributed by atoms with Crippen molar-refractivity contribution in [2.45, 2.75) is 25.3 Å². The van der Waals surface area contributed by atoms with Crippen LogP contribution < -0.4 is 11.1 Å². The van der Waals surface area contributed by atoms with Crippen molar-refractivity contribution in [1.82, 2.24) is 14.9 Å². The molecule has 1 fully saturated rings. The third-order valence-corrected chi connectivity index (χ3v) is 5.38. The summed E-state index contributed by atoms with van der Waals surface area (Å²) < 4.78 is 26.9. The van der Waals surface area contributed by atoms with Crippen LogP contribution in [0.25, 0.3) is 11.1 Å². The van der Waals surface area contributed by atoms with E-state index in [1.54, 1.807) is 18.3 Å². The quantitative estimate of drug-likeness (QED) is 0.644. The lowest BCUT2D eigenvalue weighted by atomic mass is 9.93. The van der Waals surface area contributed by atoms with Gasteiger partial charge in [0.1, 0.15) is 11.6 Å². The van der Waals surface area contributed by atoms with Gasteiger partial charge in [-0.25, -0.2) is 18.7 Å². The number of anilines is 2. The van der Waals surface area contributed by atoms with Gasteiger partial charge in [0.2, 0.25) is 11.9 Å². The molecule has 0 spiro atoms. The normalized spacial score (nSPS) is 16.8. The number of benzene rings is 2. The van der Waals surface area contributed by atoms with E-state index >= 15 is 0 Å². The number of nitrogen functional groups attached to an aromatic ring is 1. The number of hydrogen-bond acceptors (Lipinski definition) is 5. The van der Waals surface area contributed by atoms with E-state index in [9.17, 15) is 13.6 Å². The Morgan fingerprint density at radius 2 is 1.94 bits per heavy atom. The molecule has 3 N–H and O–H groups in total. The Kier molecular flexibility index (Phi) is 6.18. The first-order valence-corrected chi connectivity index (χ1v) is 10.2. The second-order valence-electron chi connectivity index (χ2n) is 7.57. The Morgan fingerprint density at radius 3 is 2.71 bits per heavy atom. The maximum Gasteiger partial charge on any atom is 0.238 e. The summed E-state index contributed by atoms with van der Waals surface area (Å²) in [5.41, 5.74) is 8.46. The SMILES string of the molecule is Nc1ncc(-c2cccc(F)c2)c([C@@H]2CCCCN2CC(=O)Nc2ccc(F)cc2)n1. The molecule has 2 aromatic carbocycles. The van der Waals surface area contributed by atoms with E-state index in [0.29, 0.717) is 29.1 Å². The summed E-state index contributed by atoms with van der Waals surface area (Å²) in [7, 11) is 0. The van der Waals surface area contributed by atoms with Gasteiger partial charge in [-0.3, -0.25) is 9.69 Å². The predicted octanol–water partition coefficient (Wildman–Crippen LogP) is 4.17. The average molecular weight is 423 g/mol. The first-order valence-electron chi connectivity index (χ1n) is 10.2. The molecule has 0 saturated carbocycles. The van der Waals surface area contributed by atoms with E-state index in [0.717, 1.165) is 19.3 Å². The number of nitrogens with one attached hydrogen (secondary N) is 1. The van der Waals surface area contributed by atoms with Crippen LogP contribution in [0.15, 0.2) is 54.7 Å². The molecule has 1 aromatic heterocycles. The zero-order chi connectivity index (χ0) is 21.8. The summed E-state index contributed by atoms with van der Waals surface area (Å²) in [4.78, 5) is 23.3. The highest BCUT2D eigenvalue weighted by atomic mass is 19.1. The van der Waals surface area contributed by atoms with Crippen LogP contribution >= 0.6 is 0 Å². The molecule has 1 aliphatic rings. The van der Waals surface area contributed by atoms with Gasteiger partial charge in [-0.2, -0.15) is 0 Å². The van der Waals surface area contributed by atoms with E-state index in [1.165, 1.54) is 36.4 Å². The predicted molar refractivity (Wildman–Crippen MR) is 115 cm³/mol. The molecule has 31 heavy (non-hydrogen) atoms. The standard InChI is InChI=1S/C23H23F2N5O/c24-16-7-9-18(10-8-16)28-21(31)14-30-11-2-1-6-20(30)22-19(13-27-23(26)29-22)15-4-3-5-17(25)12-15/h3-5,7-10,12-13,20H,1-2,6,11,14H2,(H,28,31)(H2,26,27,29)/t20-/m0/s1. The monoisotopic (exact) mass is 423 g/mol. The van der Waals surface area contributed by atoms with Gasteiger partial charge < -0.3 is 11.1 Å². The Balaban J connectivity index is 1.59. The number of likely N-dealkylation sites (tertiary alicyclic amines) is 1. The largest absolute Gasteiger partial charge is 0.368 e. The molecule has 1 saturated heterocycles. The molecular weight excluding hydrogens is 400 g/mol. The van der Waals surface area contributed by atoms with Crippen LogP contribution in [0.4, 0.5) is 20.4 Å². The lowest BCUT2D eigenvalue weighted by molar-refractivity contribution is -0.118. The summed E-state index contributed by atoms with van der Waals surface area (Å²) in [5.74, 6) is -0.774. The van der Waals surface area contributed by atoms with Gasteiger partial charge in [0.25, 0.3) is 0 Å². The summed E-state index contributed by atoms with van der Waals surface area (Å²) in [6.45, 7) is 0.864. The number of hydrogen-bond donors (Lipinski definition) is 2. The van der Waals surface area contributed by atoms with Crippen molar-refractivity contribution < 1.29 is 13.6 Å². The van der Waals surface area contributed by atoms with Crippen molar-refractivity contribution in [3.63, 3.8) is 0 Å². The molecule has 1 amide bonds. The van der Waals surface area contributed by atoms with Crippen LogP contribution in [0.2, 0.25) is 0 Å². The van der Waals surface area contributed by atoms with E-state index in [1.807, 2.05) is 4.90 Å². The number of carbonyl (C=O) groups excluding carboxylic acids is 1. The number of rotatable bonds is 5. The zero-order valence-corrected chi connectivity index (χ0v) is 16.9. The van der Waals surface area contributed by atoms with Crippen molar-refractivity contribution >= 4 is 17.5 Å². The molecule has 2 heterocycles. The Bertz CT molecular complexity index is 1070. The molecule has 4 rings (SSSR count). The highest BCUT2D eigenvalue weighted by molar-refractivity contribution is 5.92. The lowest BCUT2D eigenvalue weighted by Crippen LogP contribution is -2.40. The highest BCUT2D eigenvalue weighted by Crippen LogP contribution is 2.36. The Labute approximate surface area is 179 Å². The van der Waals surface area contributed by atoms with Crippen LogP contribution in [-0.2, 0) is 4.79 Å². The van der Waals surface area contributed by atoms with Gasteiger partial charge in [-0.1, -0.05) is 18.6 Å². The molecule has 160 valence electrons. The Hall–Kier alpha value is -3.39. The van der Waals surface area contributed by atoms with Gasteiger partial charge in [-0.05, 0) is 61.3 Å². The number of carbonyl (C=O) groups is 1. The molecule has 1 aliphatic heterocycles. The van der Waals surface area contributed by atoms with Crippen LogP contribution in [0.5, 0.6) is 0 Å². The Morgan fingerprint density at radius 1 is 1.13 bits per heavy atom. The zero-order valence-electron chi connectivity index (χ0n) is 16.9. The van der Waals surface area contributed by atoms with E-state index in [-0.39, 0.29) is 36.1 Å². The summed E-state index contributed by atoms with van der Waals surface area (Å²) in [5, 5.41) is 2.80. The third kappa shape index (κ3) is 5.03. The molecule has 8 heteroatoms. The molecule has 1 atom stereocenters. The van der Waals surface area contributed by atoms with E-state index in [2.05, 4.69) is 15.3 Å². The summed E-state index contributed by atoms with van der Waals surface area (Å²) in [6, 6.07) is 11.7. The second-order valence-corrected chi connectivity index (χ2v) is 7.57. The van der Waals surface area contributed by atoms with Crippen LogP contribution in [0, 0.1) is 11.6 Å². The lowest BCUT2D eigenvalue weighted by Gasteiger charge is -2.35. The summed E-state index contributed by atoms with van der Waals surface area (Å²) >= 11 is 0. The van der Waals surface area contributed by atoms with Crippen molar-refractivity contribution in [1.29, 1.82) is 0 Å². The van der Waals surface area contributed by atoms with Crippen LogP contribution in [0.3, 0.4) is 0 Å². The van der Waals surface area contributed by atoms with Gasteiger partial charge in [0, 0.05) is 17.4 Å². The minimum Gasteiger partial charge on any atom is -0.368 e. The maximum absolute atomic E-state index is 13.8. The van der Waals surface area contributed by atoms with Gasteiger partial charge >= 0.3 is 0 Å². The smallest absolute Gasteiger partial charge is 0.238 e. The number of aromatic nitrogens is 2. The van der Waals surface area contributed by atoms with Crippen molar-refractivity contribution in [3.05, 3.63) is 72.1 Å². The number of amides is 1. The highest BCUT2D eigenvalue weighted by Gasteiger charge is 2.29. The second kappa shape index (κ2) is 9.18. The fraction of sp³-hybridized carbons (Fsp3) is 0.261. The van der Waals surface area contributed by atoms with Crippen LogP contribution in [-0.4, -0.2) is 33.9 Å². The topological polar surface area (TPSA) is 84.1 Å². The first-order chi connectivity index (χ1) is 15.0. The van der Waals surface area contributed by atoms with Crippen molar-refractivity contribution in [2.24, 2.45) is 0 Å². The molecule has 6 nitrogen and oxygen atoms in total. The van der Waals surface area contributed by atoms with E-state index in [4.69, 9.17) is 5.73 Å². The number of halogens is 2. The first kappa shape index (κ1) is 20.9. The number of nitrogens with zero attached hydrogens (tertiary/aromatic N) is 3. The molecule has 0 aliphatic carbocycles. The van der Waals surface area contributed by atoms with Gasteiger partial charge in [0.05, 0.1) is 18.3 Å². The molecule has 3 aromatic rings. The average Bonchev–Trinajstić information content (AvgIpc) is 2.76. The third-order valence-electron chi connectivity index (χ3n) is 5.38. The van der Waals surface area contributed by atoms with Gasteiger partial charge in [-0.15, -0.1) is 0 Å². The molecule has 0 bridgehead atoms. The van der Waals surface area contributed by atoms with Crippen molar-refractivity contribution in [2.75, 3.05) is 24.1 Å². The number of nitrogens with two attached hydrogens (primary N) is 1. The van der Waals surface area contributed by atoms with E-state index < -0.39 is 0 Å². The van der Waals surface area contributed by atoms with Crippen LogP contribution in [0.1, 0.15) is 31.0 Å². The molecular formula is C23H23F2N5O. The number of piperidine rings is 1. The molecule has 0 radical (unpaired) electrons. The summed E-state index contributed by atoms with van der Waals surface area (Å²) in [6.07, 6.45) is 4.34. The minimum absolute atomic E-state index is 0.136. The fourth-order valence-electron chi connectivity index (χ4n) is 3.95.